The number of amides is 1. The van der Waals surface area contributed by atoms with Crippen molar-refractivity contribution >= 4 is 39.3 Å². The summed E-state index contributed by atoms with van der Waals surface area (Å²) in [5.74, 6) is 1.37. The SMILES string of the molecule is CCc1cccc(C)c1NC(=O)CSCc1ccc(Br)cc1. The molecule has 0 aliphatic rings. The number of aryl methyl sites for hydroxylation is 2. The highest BCUT2D eigenvalue weighted by molar-refractivity contribution is 9.10. The van der Waals surface area contributed by atoms with Crippen LogP contribution in [0.5, 0.6) is 0 Å². The van der Waals surface area contributed by atoms with Crippen LogP contribution in [0.25, 0.3) is 0 Å². The second-order valence-electron chi connectivity index (χ2n) is 5.13. The zero-order valence-corrected chi connectivity index (χ0v) is 15.3. The number of para-hydroxylation sites is 1. The van der Waals surface area contributed by atoms with E-state index in [1.54, 1.807) is 11.8 Å². The Labute approximate surface area is 144 Å². The number of carbonyl (C=O) groups is 1. The highest BCUT2D eigenvalue weighted by atomic mass is 79.9. The van der Waals surface area contributed by atoms with Crippen molar-refractivity contribution in [1.82, 2.24) is 0 Å². The molecular weight excluding hydrogens is 358 g/mol. The monoisotopic (exact) mass is 377 g/mol. The van der Waals surface area contributed by atoms with E-state index < -0.39 is 0 Å². The molecule has 0 saturated heterocycles. The van der Waals surface area contributed by atoms with Gasteiger partial charge < -0.3 is 5.32 Å². The van der Waals surface area contributed by atoms with Crippen LogP contribution in [0.2, 0.25) is 0 Å². The van der Waals surface area contributed by atoms with Crippen LogP contribution in [0, 0.1) is 6.92 Å². The van der Waals surface area contributed by atoms with E-state index in [1.807, 2.05) is 31.2 Å². The summed E-state index contributed by atoms with van der Waals surface area (Å²) >= 11 is 5.05. The van der Waals surface area contributed by atoms with E-state index in [0.29, 0.717) is 5.75 Å². The molecule has 1 N–H and O–H groups in total. The minimum Gasteiger partial charge on any atom is -0.325 e. The molecule has 0 heterocycles. The van der Waals surface area contributed by atoms with Gasteiger partial charge in [-0.05, 0) is 42.2 Å². The van der Waals surface area contributed by atoms with E-state index in [4.69, 9.17) is 0 Å². The minimum atomic E-state index is 0.0612. The fourth-order valence-corrected chi connectivity index (χ4v) is 3.27. The number of benzene rings is 2. The van der Waals surface area contributed by atoms with Crippen molar-refractivity contribution in [3.05, 3.63) is 63.6 Å². The summed E-state index contributed by atoms with van der Waals surface area (Å²) in [6, 6.07) is 14.3. The Morgan fingerprint density at radius 3 is 2.59 bits per heavy atom. The van der Waals surface area contributed by atoms with Crippen molar-refractivity contribution in [1.29, 1.82) is 0 Å². The molecule has 0 radical (unpaired) electrons. The predicted octanol–water partition coefficient (Wildman–Crippen LogP) is 5.19. The third-order valence-corrected chi connectivity index (χ3v) is 4.95. The van der Waals surface area contributed by atoms with Gasteiger partial charge >= 0.3 is 0 Å². The van der Waals surface area contributed by atoms with Gasteiger partial charge in [-0.15, -0.1) is 11.8 Å². The first-order valence-corrected chi connectivity index (χ1v) is 9.25. The molecule has 1 amide bonds. The van der Waals surface area contributed by atoms with Gasteiger partial charge in [-0.3, -0.25) is 4.79 Å². The summed E-state index contributed by atoms with van der Waals surface area (Å²) in [7, 11) is 0. The molecule has 2 rings (SSSR count). The quantitative estimate of drug-likeness (QED) is 0.749. The summed E-state index contributed by atoms with van der Waals surface area (Å²) in [6.07, 6.45) is 0.920. The number of nitrogens with one attached hydrogen (secondary N) is 1. The molecule has 2 nitrogen and oxygen atoms in total. The Hall–Kier alpha value is -1.26. The van der Waals surface area contributed by atoms with Crippen LogP contribution in [0.1, 0.15) is 23.6 Å². The number of thioether (sulfide) groups is 1. The van der Waals surface area contributed by atoms with Gasteiger partial charge in [0.15, 0.2) is 0 Å². The minimum absolute atomic E-state index is 0.0612. The van der Waals surface area contributed by atoms with Crippen molar-refractivity contribution in [2.24, 2.45) is 0 Å². The molecule has 0 saturated carbocycles. The van der Waals surface area contributed by atoms with Gasteiger partial charge in [-0.1, -0.05) is 53.2 Å². The van der Waals surface area contributed by atoms with Gasteiger partial charge in [0.2, 0.25) is 5.91 Å². The van der Waals surface area contributed by atoms with Gasteiger partial charge in [0.1, 0.15) is 0 Å². The van der Waals surface area contributed by atoms with Crippen LogP contribution in [-0.4, -0.2) is 11.7 Å². The second-order valence-corrected chi connectivity index (χ2v) is 7.03. The van der Waals surface area contributed by atoms with E-state index in [1.165, 1.54) is 11.1 Å². The van der Waals surface area contributed by atoms with Crippen molar-refractivity contribution in [2.75, 3.05) is 11.1 Å². The van der Waals surface area contributed by atoms with Crippen LogP contribution in [0.4, 0.5) is 5.69 Å². The first-order chi connectivity index (χ1) is 10.6. The summed E-state index contributed by atoms with van der Waals surface area (Å²) in [5, 5.41) is 3.06. The molecule has 0 atom stereocenters. The van der Waals surface area contributed by atoms with Gasteiger partial charge in [0.25, 0.3) is 0 Å². The lowest BCUT2D eigenvalue weighted by molar-refractivity contribution is -0.113. The molecule has 116 valence electrons. The Kier molecular flexibility index (Phi) is 6.52. The van der Waals surface area contributed by atoms with Crippen molar-refractivity contribution < 1.29 is 4.79 Å². The molecule has 2 aromatic carbocycles. The van der Waals surface area contributed by atoms with E-state index >= 15 is 0 Å². The highest BCUT2D eigenvalue weighted by Gasteiger charge is 2.08. The van der Waals surface area contributed by atoms with Crippen molar-refractivity contribution in [2.45, 2.75) is 26.0 Å². The van der Waals surface area contributed by atoms with Gasteiger partial charge in [-0.25, -0.2) is 0 Å². The molecule has 0 bridgehead atoms. The standard InChI is InChI=1S/C18H20BrNOS/c1-3-15-6-4-5-13(2)18(15)20-17(21)12-22-11-14-7-9-16(19)10-8-14/h4-10H,3,11-12H2,1-2H3,(H,20,21). The average Bonchev–Trinajstić information content (AvgIpc) is 2.51. The summed E-state index contributed by atoms with van der Waals surface area (Å²) in [6.45, 7) is 4.14. The molecule has 0 spiro atoms. The largest absolute Gasteiger partial charge is 0.325 e. The number of hydrogen-bond donors (Lipinski definition) is 1. The van der Waals surface area contributed by atoms with E-state index in [-0.39, 0.29) is 5.91 Å². The lowest BCUT2D eigenvalue weighted by atomic mass is 10.1. The van der Waals surface area contributed by atoms with Crippen LogP contribution >= 0.6 is 27.7 Å². The fourth-order valence-electron chi connectivity index (χ4n) is 2.22. The average molecular weight is 378 g/mol. The number of hydrogen-bond acceptors (Lipinski definition) is 2. The smallest absolute Gasteiger partial charge is 0.234 e. The molecule has 22 heavy (non-hydrogen) atoms. The van der Waals surface area contributed by atoms with Crippen molar-refractivity contribution in [3.8, 4) is 0 Å². The molecule has 2 aromatic rings. The van der Waals surface area contributed by atoms with Crippen LogP contribution in [0.15, 0.2) is 46.9 Å². The van der Waals surface area contributed by atoms with Crippen LogP contribution in [0.3, 0.4) is 0 Å². The topological polar surface area (TPSA) is 29.1 Å². The Balaban J connectivity index is 1.87. The maximum absolute atomic E-state index is 12.1. The van der Waals surface area contributed by atoms with Gasteiger partial charge in [-0.2, -0.15) is 0 Å². The summed E-state index contributed by atoms with van der Waals surface area (Å²) < 4.78 is 1.07. The molecular formula is C18H20BrNOS. The summed E-state index contributed by atoms with van der Waals surface area (Å²) in [4.78, 5) is 12.1. The predicted molar refractivity (Wildman–Crippen MR) is 99.5 cm³/mol. The first kappa shape index (κ1) is 17.1. The number of anilines is 1. The molecule has 0 aliphatic heterocycles. The van der Waals surface area contributed by atoms with Gasteiger partial charge in [0.05, 0.1) is 5.75 Å². The molecule has 0 aromatic heterocycles. The zero-order chi connectivity index (χ0) is 15.9. The van der Waals surface area contributed by atoms with Gasteiger partial charge in [0, 0.05) is 15.9 Å². The third kappa shape index (κ3) is 4.89. The fraction of sp³-hybridized carbons (Fsp3) is 0.278. The van der Waals surface area contributed by atoms with Crippen LogP contribution in [-0.2, 0) is 17.0 Å². The first-order valence-electron chi connectivity index (χ1n) is 7.30. The van der Waals surface area contributed by atoms with E-state index in [0.717, 1.165) is 27.9 Å². The van der Waals surface area contributed by atoms with E-state index in [9.17, 15) is 4.79 Å². The Bertz CT molecular complexity index is 640. The Morgan fingerprint density at radius 1 is 1.18 bits per heavy atom. The number of rotatable bonds is 6. The maximum Gasteiger partial charge on any atom is 0.234 e. The number of carbonyl (C=O) groups excluding carboxylic acids is 1. The normalized spacial score (nSPS) is 10.5. The highest BCUT2D eigenvalue weighted by Crippen LogP contribution is 2.22. The lowest BCUT2D eigenvalue weighted by Gasteiger charge is -2.12. The second kappa shape index (κ2) is 8.39. The molecule has 0 aliphatic carbocycles. The maximum atomic E-state index is 12.1. The zero-order valence-electron chi connectivity index (χ0n) is 12.9. The lowest BCUT2D eigenvalue weighted by Crippen LogP contribution is -2.16. The van der Waals surface area contributed by atoms with Crippen LogP contribution < -0.4 is 5.32 Å². The summed E-state index contributed by atoms with van der Waals surface area (Å²) in [5.41, 5.74) is 4.50. The molecule has 4 heteroatoms. The number of halogens is 1. The molecule has 0 fully saturated rings. The third-order valence-electron chi connectivity index (χ3n) is 3.42. The Morgan fingerprint density at radius 2 is 1.91 bits per heavy atom. The molecule has 0 unspecified atom stereocenters. The van der Waals surface area contributed by atoms with E-state index in [2.05, 4.69) is 46.4 Å². The van der Waals surface area contributed by atoms with Crippen molar-refractivity contribution in [3.63, 3.8) is 0 Å².